The van der Waals surface area contributed by atoms with E-state index >= 15 is 0 Å². The van der Waals surface area contributed by atoms with Crippen LogP contribution in [0.5, 0.6) is 0 Å². The fraction of sp³-hybridized carbons (Fsp3) is 0.875. The molecule has 0 saturated carbocycles. The van der Waals surface area contributed by atoms with Gasteiger partial charge in [0.1, 0.15) is 0 Å². The van der Waals surface area contributed by atoms with Gasteiger partial charge in [-0.05, 0) is 12.8 Å². The minimum absolute atomic E-state index is 0.616. The van der Waals surface area contributed by atoms with Crippen LogP contribution in [-0.2, 0) is 0 Å². The lowest BCUT2D eigenvalue weighted by atomic mass is 10.3. The summed E-state index contributed by atoms with van der Waals surface area (Å²) >= 11 is 1.66. The second-order valence-corrected chi connectivity index (χ2v) is 4.05. The van der Waals surface area contributed by atoms with Crippen LogP contribution in [0.25, 0.3) is 0 Å². The minimum Gasteiger partial charge on any atom is -0.358 e. The molecule has 0 aliphatic carbocycles. The van der Waals surface area contributed by atoms with Crippen LogP contribution >= 0.6 is 11.8 Å². The summed E-state index contributed by atoms with van der Waals surface area (Å²) in [4.78, 5) is 1.85. The topological polar surface area (TPSA) is 27.1 Å². The molecule has 0 saturated heterocycles. The van der Waals surface area contributed by atoms with Crippen LogP contribution in [0, 0.1) is 5.41 Å². The van der Waals surface area contributed by atoms with Gasteiger partial charge in [0.15, 0.2) is 5.17 Å². The minimum atomic E-state index is 0.616. The first-order chi connectivity index (χ1) is 5.11. The summed E-state index contributed by atoms with van der Waals surface area (Å²) in [6.45, 7) is 4.34. The summed E-state index contributed by atoms with van der Waals surface area (Å²) in [5.74, 6) is 0. The Labute approximate surface area is 73.9 Å². The van der Waals surface area contributed by atoms with E-state index in [9.17, 15) is 0 Å². The quantitative estimate of drug-likeness (QED) is 0.525. The van der Waals surface area contributed by atoms with E-state index in [1.165, 1.54) is 0 Å². The third-order valence-electron chi connectivity index (χ3n) is 1.60. The van der Waals surface area contributed by atoms with Crippen molar-refractivity contribution in [2.24, 2.45) is 0 Å². The standard InChI is InChI=1S/C8H18N2S/c1-5-7(6-2)11-8(9)10(3)4/h7,9H,5-6H2,1-4H3. The lowest BCUT2D eigenvalue weighted by molar-refractivity contribution is 0.631. The highest BCUT2D eigenvalue weighted by atomic mass is 32.2. The summed E-state index contributed by atoms with van der Waals surface area (Å²) in [5.41, 5.74) is 0. The van der Waals surface area contributed by atoms with Crippen LogP contribution in [0.15, 0.2) is 0 Å². The van der Waals surface area contributed by atoms with Crippen molar-refractivity contribution in [1.29, 1.82) is 5.41 Å². The Morgan fingerprint density at radius 2 is 1.82 bits per heavy atom. The van der Waals surface area contributed by atoms with Gasteiger partial charge in [-0.3, -0.25) is 5.41 Å². The Bertz CT molecular complexity index is 119. The smallest absolute Gasteiger partial charge is 0.156 e. The fourth-order valence-electron chi connectivity index (χ4n) is 0.719. The van der Waals surface area contributed by atoms with E-state index in [4.69, 9.17) is 5.41 Å². The predicted octanol–water partition coefficient (Wildman–Crippen LogP) is 2.40. The highest BCUT2D eigenvalue weighted by Gasteiger charge is 2.08. The SMILES string of the molecule is CCC(CC)SC(=N)N(C)C. The molecule has 0 radical (unpaired) electrons. The van der Waals surface area contributed by atoms with Crippen molar-refractivity contribution in [3.05, 3.63) is 0 Å². The molecule has 0 rings (SSSR count). The van der Waals surface area contributed by atoms with E-state index < -0.39 is 0 Å². The number of hydrogen-bond acceptors (Lipinski definition) is 2. The summed E-state index contributed by atoms with van der Waals surface area (Å²) in [5, 5.41) is 8.85. The number of rotatable bonds is 3. The van der Waals surface area contributed by atoms with E-state index in [0.717, 1.165) is 12.8 Å². The van der Waals surface area contributed by atoms with Crippen LogP contribution < -0.4 is 0 Å². The molecule has 0 bridgehead atoms. The van der Waals surface area contributed by atoms with Crippen LogP contribution in [-0.4, -0.2) is 29.4 Å². The molecular weight excluding hydrogens is 156 g/mol. The Kier molecular flexibility index (Phi) is 5.38. The molecule has 0 aromatic heterocycles. The molecule has 0 atom stereocenters. The summed E-state index contributed by atoms with van der Waals surface area (Å²) in [7, 11) is 3.83. The highest BCUT2D eigenvalue weighted by molar-refractivity contribution is 8.14. The van der Waals surface area contributed by atoms with E-state index in [2.05, 4.69) is 13.8 Å². The van der Waals surface area contributed by atoms with Gasteiger partial charge >= 0.3 is 0 Å². The molecule has 0 aromatic carbocycles. The maximum Gasteiger partial charge on any atom is 0.156 e. The average molecular weight is 174 g/mol. The lowest BCUT2D eigenvalue weighted by Gasteiger charge is -2.17. The number of nitrogens with one attached hydrogen (secondary N) is 1. The van der Waals surface area contributed by atoms with Gasteiger partial charge in [-0.15, -0.1) is 0 Å². The van der Waals surface area contributed by atoms with E-state index in [1.54, 1.807) is 11.8 Å². The molecule has 1 N–H and O–H groups in total. The molecular formula is C8H18N2S. The van der Waals surface area contributed by atoms with Gasteiger partial charge in [0.05, 0.1) is 0 Å². The fourth-order valence-corrected chi connectivity index (χ4v) is 1.58. The van der Waals surface area contributed by atoms with Crippen LogP contribution in [0.4, 0.5) is 0 Å². The molecule has 3 heteroatoms. The van der Waals surface area contributed by atoms with E-state index in [0.29, 0.717) is 10.4 Å². The molecule has 0 aromatic rings. The molecule has 0 heterocycles. The molecule has 0 aliphatic rings. The van der Waals surface area contributed by atoms with Gasteiger partial charge in [0.2, 0.25) is 0 Å². The second-order valence-electron chi connectivity index (χ2n) is 2.76. The van der Waals surface area contributed by atoms with Crippen molar-refractivity contribution in [2.45, 2.75) is 31.9 Å². The number of nitrogens with zero attached hydrogens (tertiary/aromatic N) is 1. The molecule has 11 heavy (non-hydrogen) atoms. The van der Waals surface area contributed by atoms with Gasteiger partial charge in [-0.25, -0.2) is 0 Å². The maximum absolute atomic E-state index is 7.57. The monoisotopic (exact) mass is 174 g/mol. The third kappa shape index (κ3) is 4.30. The Balaban J connectivity index is 3.72. The van der Waals surface area contributed by atoms with Gasteiger partial charge < -0.3 is 4.90 Å². The first kappa shape index (κ1) is 10.8. The van der Waals surface area contributed by atoms with Crippen molar-refractivity contribution in [3.63, 3.8) is 0 Å². The van der Waals surface area contributed by atoms with E-state index in [-0.39, 0.29) is 0 Å². The molecule has 0 unspecified atom stereocenters. The van der Waals surface area contributed by atoms with Crippen molar-refractivity contribution in [3.8, 4) is 0 Å². The van der Waals surface area contributed by atoms with Crippen molar-refractivity contribution in [2.75, 3.05) is 14.1 Å². The van der Waals surface area contributed by atoms with Gasteiger partial charge in [0, 0.05) is 19.3 Å². The van der Waals surface area contributed by atoms with Gasteiger partial charge in [-0.1, -0.05) is 25.6 Å². The lowest BCUT2D eigenvalue weighted by Crippen LogP contribution is -2.20. The van der Waals surface area contributed by atoms with Crippen molar-refractivity contribution in [1.82, 2.24) is 4.90 Å². The first-order valence-electron chi connectivity index (χ1n) is 4.04. The van der Waals surface area contributed by atoms with Gasteiger partial charge in [0.25, 0.3) is 0 Å². The molecule has 0 amide bonds. The Morgan fingerprint density at radius 1 is 1.36 bits per heavy atom. The number of thioether (sulfide) groups is 1. The first-order valence-corrected chi connectivity index (χ1v) is 4.92. The zero-order valence-electron chi connectivity index (χ0n) is 7.85. The second kappa shape index (κ2) is 5.47. The van der Waals surface area contributed by atoms with Gasteiger partial charge in [-0.2, -0.15) is 0 Å². The highest BCUT2D eigenvalue weighted by Crippen LogP contribution is 2.19. The van der Waals surface area contributed by atoms with Crippen molar-refractivity contribution >= 4 is 16.9 Å². The molecule has 0 spiro atoms. The van der Waals surface area contributed by atoms with Crippen molar-refractivity contribution < 1.29 is 0 Å². The summed E-state index contributed by atoms with van der Waals surface area (Å²) in [6.07, 6.45) is 2.30. The summed E-state index contributed by atoms with van der Waals surface area (Å²) < 4.78 is 0. The maximum atomic E-state index is 7.57. The Morgan fingerprint density at radius 3 is 2.09 bits per heavy atom. The molecule has 66 valence electrons. The Hall–Kier alpha value is -0.180. The molecule has 0 fully saturated rings. The predicted molar refractivity (Wildman–Crippen MR) is 53.4 cm³/mol. The van der Waals surface area contributed by atoms with E-state index in [1.807, 2.05) is 19.0 Å². The number of hydrogen-bond donors (Lipinski definition) is 1. The molecule has 2 nitrogen and oxygen atoms in total. The summed E-state index contributed by atoms with van der Waals surface area (Å²) in [6, 6.07) is 0. The average Bonchev–Trinajstić information content (AvgIpc) is 1.99. The van der Waals surface area contributed by atoms with Crippen LogP contribution in [0.3, 0.4) is 0 Å². The largest absolute Gasteiger partial charge is 0.358 e. The molecule has 0 aliphatic heterocycles. The normalized spacial score (nSPS) is 10.3. The zero-order valence-corrected chi connectivity index (χ0v) is 8.66. The van der Waals surface area contributed by atoms with Crippen LogP contribution in [0.1, 0.15) is 26.7 Å². The zero-order chi connectivity index (χ0) is 8.85. The van der Waals surface area contributed by atoms with Crippen LogP contribution in [0.2, 0.25) is 0 Å². The third-order valence-corrected chi connectivity index (χ3v) is 3.18. The number of amidine groups is 1.